The van der Waals surface area contributed by atoms with Gasteiger partial charge in [0.25, 0.3) is 0 Å². The summed E-state index contributed by atoms with van der Waals surface area (Å²) in [6.07, 6.45) is -2.10. The number of hydrogen-bond donors (Lipinski definition) is 0. The summed E-state index contributed by atoms with van der Waals surface area (Å²) in [4.78, 5) is 0. The van der Waals surface area contributed by atoms with E-state index in [-0.39, 0.29) is 11.1 Å². The molecule has 4 rings (SSSR count). The Kier molecular flexibility index (Phi) is 7.77. The van der Waals surface area contributed by atoms with Crippen LogP contribution >= 0.6 is 0 Å². The first-order chi connectivity index (χ1) is 17.6. The number of ether oxygens (including phenoxy) is 1. The van der Waals surface area contributed by atoms with E-state index in [9.17, 15) is 22.0 Å². The Hall–Kier alpha value is -3.92. The summed E-state index contributed by atoms with van der Waals surface area (Å²) in [5, 5.41) is 1.06. The van der Waals surface area contributed by atoms with Crippen LogP contribution in [0.4, 0.5) is 26.3 Å². The highest BCUT2D eigenvalue weighted by molar-refractivity contribution is 5.85. The maximum atomic E-state index is 15.1. The van der Waals surface area contributed by atoms with Gasteiger partial charge >= 0.3 is 6.18 Å². The molecule has 4 aromatic rings. The minimum Gasteiger partial charge on any atom is -0.478 e. The lowest BCUT2D eigenvalue weighted by molar-refractivity contribution is -0.154. The van der Waals surface area contributed by atoms with Crippen LogP contribution in [-0.4, -0.2) is 12.8 Å². The van der Waals surface area contributed by atoms with Gasteiger partial charge in [-0.2, -0.15) is 13.2 Å². The van der Waals surface area contributed by atoms with Gasteiger partial charge in [-0.3, -0.25) is 0 Å². The van der Waals surface area contributed by atoms with Crippen LogP contribution in [0.15, 0.2) is 66.7 Å². The molecule has 0 heterocycles. The number of benzene rings is 4. The van der Waals surface area contributed by atoms with Crippen molar-refractivity contribution in [2.75, 3.05) is 6.61 Å². The molecule has 0 aromatic heterocycles. The van der Waals surface area contributed by atoms with Crippen LogP contribution in [0.1, 0.15) is 34.7 Å². The van der Waals surface area contributed by atoms with Gasteiger partial charge in [0.15, 0.2) is 24.0 Å². The average Bonchev–Trinajstić information content (AvgIpc) is 2.86. The molecular formula is C30H22F6O. The second-order valence-electron chi connectivity index (χ2n) is 8.58. The van der Waals surface area contributed by atoms with Gasteiger partial charge in [0.05, 0.1) is 5.56 Å². The normalized spacial score (nSPS) is 11.3. The van der Waals surface area contributed by atoms with Crippen LogP contribution < -0.4 is 4.74 Å². The highest BCUT2D eigenvalue weighted by Gasteiger charge is 2.29. The summed E-state index contributed by atoms with van der Waals surface area (Å²) in [6, 6.07) is 18.6. The predicted octanol–water partition coefficient (Wildman–Crippen LogP) is 7.95. The Morgan fingerprint density at radius 2 is 1.35 bits per heavy atom. The van der Waals surface area contributed by atoms with Gasteiger partial charge in [0.1, 0.15) is 5.82 Å². The molecule has 7 heteroatoms. The molecule has 0 unspecified atom stereocenters. The van der Waals surface area contributed by atoms with Gasteiger partial charge < -0.3 is 4.74 Å². The number of rotatable bonds is 6. The summed E-state index contributed by atoms with van der Waals surface area (Å²) in [5.41, 5.74) is 3.42. The average molecular weight is 512 g/mol. The quantitative estimate of drug-likeness (QED) is 0.188. The van der Waals surface area contributed by atoms with Gasteiger partial charge in [-0.15, -0.1) is 0 Å². The highest BCUT2D eigenvalue weighted by atomic mass is 19.4. The van der Waals surface area contributed by atoms with E-state index in [4.69, 9.17) is 0 Å². The summed E-state index contributed by atoms with van der Waals surface area (Å²) in [7, 11) is 0. The Morgan fingerprint density at radius 3 is 2.00 bits per heavy atom. The van der Waals surface area contributed by atoms with Crippen LogP contribution in [0.3, 0.4) is 0 Å². The molecule has 0 atom stereocenters. The van der Waals surface area contributed by atoms with Crippen molar-refractivity contribution in [1.82, 2.24) is 0 Å². The lowest BCUT2D eigenvalue weighted by Gasteiger charge is -2.10. The van der Waals surface area contributed by atoms with E-state index in [2.05, 4.69) is 47.8 Å². The minimum absolute atomic E-state index is 0.0227. The number of alkyl halides is 3. The van der Waals surface area contributed by atoms with E-state index in [0.29, 0.717) is 10.8 Å². The molecule has 0 saturated carbocycles. The lowest BCUT2D eigenvalue weighted by atomic mass is 9.99. The van der Waals surface area contributed by atoms with E-state index < -0.39 is 36.0 Å². The Bertz CT molecular complexity index is 1450. The molecule has 0 fully saturated rings. The van der Waals surface area contributed by atoms with E-state index in [0.717, 1.165) is 37.0 Å². The molecule has 0 amide bonds. The zero-order chi connectivity index (χ0) is 26.6. The third-order valence-corrected chi connectivity index (χ3v) is 5.87. The fourth-order valence-electron chi connectivity index (χ4n) is 3.89. The fraction of sp³-hybridized carbons (Fsp3) is 0.200. The second-order valence-corrected chi connectivity index (χ2v) is 8.58. The third kappa shape index (κ3) is 6.65. The third-order valence-electron chi connectivity index (χ3n) is 5.87. The highest BCUT2D eigenvalue weighted by Crippen LogP contribution is 2.26. The topological polar surface area (TPSA) is 9.23 Å². The standard InChI is InChI=1S/C30H22F6O/c1-2-19-3-5-20(6-4-19)7-8-21-10-14-25-24(15-21)13-12-23(28(25)33)11-9-22-16-26(31)29(27(32)17-22)37-18-30(34,35)36/h3-6,10,12-17H,2,7-8,18H2,1H3. The number of hydrogen-bond acceptors (Lipinski definition) is 1. The van der Waals surface area contributed by atoms with Crippen LogP contribution in [0.2, 0.25) is 0 Å². The van der Waals surface area contributed by atoms with Crippen molar-refractivity contribution in [2.24, 2.45) is 0 Å². The van der Waals surface area contributed by atoms with Gasteiger partial charge in [0.2, 0.25) is 0 Å². The molecule has 0 bridgehead atoms. The zero-order valence-corrected chi connectivity index (χ0v) is 19.9. The SMILES string of the molecule is CCc1ccc(CCc2ccc3c(F)c(C#Cc4cc(F)c(OCC(F)(F)F)c(F)c4)ccc3c2)cc1. The molecule has 0 spiro atoms. The number of halogens is 6. The van der Waals surface area contributed by atoms with Crippen LogP contribution in [0.5, 0.6) is 5.75 Å². The van der Waals surface area contributed by atoms with E-state index >= 15 is 4.39 Å². The molecule has 0 N–H and O–H groups in total. The minimum atomic E-state index is -4.74. The van der Waals surface area contributed by atoms with Crippen molar-refractivity contribution >= 4 is 10.8 Å². The molecule has 0 aliphatic carbocycles. The first-order valence-electron chi connectivity index (χ1n) is 11.6. The van der Waals surface area contributed by atoms with Crippen LogP contribution in [0.25, 0.3) is 10.8 Å². The van der Waals surface area contributed by atoms with Crippen molar-refractivity contribution in [1.29, 1.82) is 0 Å². The molecule has 190 valence electrons. The van der Waals surface area contributed by atoms with E-state index in [1.807, 2.05) is 12.1 Å². The predicted molar refractivity (Wildman–Crippen MR) is 131 cm³/mol. The molecule has 0 radical (unpaired) electrons. The van der Waals surface area contributed by atoms with Crippen molar-refractivity contribution in [2.45, 2.75) is 32.4 Å². The summed E-state index contributed by atoms with van der Waals surface area (Å²) in [5.74, 6) is 0.620. The Labute approximate surface area is 210 Å². The molecule has 0 saturated heterocycles. The lowest BCUT2D eigenvalue weighted by Crippen LogP contribution is -2.20. The first kappa shape index (κ1) is 26.2. The number of fused-ring (bicyclic) bond motifs is 1. The van der Waals surface area contributed by atoms with Gasteiger partial charge in [-0.05, 0) is 59.5 Å². The van der Waals surface area contributed by atoms with E-state index in [1.165, 1.54) is 17.2 Å². The maximum absolute atomic E-state index is 15.1. The zero-order valence-electron chi connectivity index (χ0n) is 19.9. The van der Waals surface area contributed by atoms with Crippen molar-refractivity contribution in [3.05, 3.63) is 112 Å². The molecule has 0 aliphatic heterocycles. The van der Waals surface area contributed by atoms with Crippen molar-refractivity contribution in [3.63, 3.8) is 0 Å². The molecule has 1 nitrogen and oxygen atoms in total. The van der Waals surface area contributed by atoms with Crippen LogP contribution in [0, 0.1) is 29.3 Å². The van der Waals surface area contributed by atoms with Gasteiger partial charge in [-0.25, -0.2) is 13.2 Å². The molecule has 0 aliphatic rings. The fourth-order valence-corrected chi connectivity index (χ4v) is 3.89. The molecule has 4 aromatic carbocycles. The van der Waals surface area contributed by atoms with Gasteiger partial charge in [0, 0.05) is 10.9 Å². The van der Waals surface area contributed by atoms with Crippen molar-refractivity contribution in [3.8, 4) is 17.6 Å². The summed E-state index contributed by atoms with van der Waals surface area (Å²) < 4.78 is 84.2. The second kappa shape index (κ2) is 11.0. The maximum Gasteiger partial charge on any atom is 0.422 e. The Balaban J connectivity index is 1.50. The number of aryl methyl sites for hydroxylation is 3. The Morgan fingerprint density at radius 1 is 0.730 bits per heavy atom. The van der Waals surface area contributed by atoms with Gasteiger partial charge in [-0.1, -0.05) is 67.3 Å². The first-order valence-corrected chi connectivity index (χ1v) is 11.6. The summed E-state index contributed by atoms with van der Waals surface area (Å²) in [6.45, 7) is 0.278. The smallest absolute Gasteiger partial charge is 0.422 e. The van der Waals surface area contributed by atoms with Crippen molar-refractivity contribution < 1.29 is 31.1 Å². The van der Waals surface area contributed by atoms with Crippen LogP contribution in [-0.2, 0) is 19.3 Å². The summed E-state index contributed by atoms with van der Waals surface area (Å²) >= 11 is 0. The molecular weight excluding hydrogens is 490 g/mol. The van der Waals surface area contributed by atoms with E-state index in [1.54, 1.807) is 12.1 Å². The largest absolute Gasteiger partial charge is 0.478 e. The monoisotopic (exact) mass is 512 g/mol. The molecule has 37 heavy (non-hydrogen) atoms.